The molecule has 4 heterocycles. The monoisotopic (exact) mass is 750 g/mol. The van der Waals surface area contributed by atoms with E-state index in [4.69, 9.17) is 9.97 Å². The van der Waals surface area contributed by atoms with Crippen LogP contribution >= 0.6 is 11.3 Å². The number of benzene rings is 7. The van der Waals surface area contributed by atoms with Crippen LogP contribution < -0.4 is 0 Å². The standard InChI is InChI=1S/C48H30N4S.C4H8/c1-4-13-31(14-5-1)41-29-42(32-15-6-2-7-16-32)50-48(49-41)34-17-12-20-36(25-34)52-44-26-33-23-24-51(35-18-8-3-9-19-35)43(33)28-39(44)38-27-40-37-21-10-11-22-46(37)53-47(40)30-45(38)52;1-3-4-2/h1-30H;3-4H,1-2H3/b;4-3-. The lowest BCUT2D eigenvalue weighted by Gasteiger charge is -2.12. The van der Waals surface area contributed by atoms with Crippen LogP contribution in [0, 0.1) is 0 Å². The molecule has 0 amide bonds. The van der Waals surface area contributed by atoms with Crippen molar-refractivity contribution in [2.24, 2.45) is 0 Å². The Balaban J connectivity index is 0.000000948. The van der Waals surface area contributed by atoms with Crippen LogP contribution in [0.3, 0.4) is 0 Å². The van der Waals surface area contributed by atoms with Crippen molar-refractivity contribution in [1.82, 2.24) is 19.1 Å². The summed E-state index contributed by atoms with van der Waals surface area (Å²) in [6, 6.07) is 62.6. The van der Waals surface area contributed by atoms with Crippen molar-refractivity contribution in [2.45, 2.75) is 13.8 Å². The highest BCUT2D eigenvalue weighted by Gasteiger charge is 2.19. The maximum absolute atomic E-state index is 5.16. The zero-order chi connectivity index (χ0) is 38.3. The second-order valence-corrected chi connectivity index (χ2v) is 15.2. The Labute approximate surface area is 335 Å². The number of hydrogen-bond donors (Lipinski definition) is 0. The predicted molar refractivity (Wildman–Crippen MR) is 243 cm³/mol. The Morgan fingerprint density at radius 2 is 1.04 bits per heavy atom. The lowest BCUT2D eigenvalue weighted by atomic mass is 10.1. The van der Waals surface area contributed by atoms with Crippen LogP contribution in [-0.4, -0.2) is 19.1 Å². The van der Waals surface area contributed by atoms with Crippen LogP contribution in [0.1, 0.15) is 13.8 Å². The third kappa shape index (κ3) is 6.19. The summed E-state index contributed by atoms with van der Waals surface area (Å²) in [5, 5.41) is 6.25. The molecule has 0 N–H and O–H groups in total. The second kappa shape index (κ2) is 14.5. The van der Waals surface area contributed by atoms with Gasteiger partial charge in [-0.15, -0.1) is 11.3 Å². The van der Waals surface area contributed by atoms with E-state index in [1.807, 2.05) is 49.5 Å². The van der Waals surface area contributed by atoms with Crippen molar-refractivity contribution < 1.29 is 0 Å². The summed E-state index contributed by atoms with van der Waals surface area (Å²) in [4.78, 5) is 10.3. The van der Waals surface area contributed by atoms with Gasteiger partial charge < -0.3 is 9.13 Å². The Kier molecular flexibility index (Phi) is 8.77. The second-order valence-electron chi connectivity index (χ2n) is 14.2. The summed E-state index contributed by atoms with van der Waals surface area (Å²) in [5.74, 6) is 0.696. The molecule has 11 rings (SSSR count). The lowest BCUT2D eigenvalue weighted by Crippen LogP contribution is -1.98. The normalized spacial score (nSPS) is 11.6. The van der Waals surface area contributed by atoms with E-state index in [9.17, 15) is 0 Å². The molecule has 272 valence electrons. The average molecular weight is 751 g/mol. The number of allylic oxidation sites excluding steroid dienone is 2. The largest absolute Gasteiger partial charge is 0.317 e. The molecule has 0 spiro atoms. The first-order chi connectivity index (χ1) is 28.2. The molecule has 4 aromatic heterocycles. The zero-order valence-electron chi connectivity index (χ0n) is 31.7. The van der Waals surface area contributed by atoms with E-state index < -0.39 is 0 Å². The van der Waals surface area contributed by atoms with Crippen molar-refractivity contribution in [3.05, 3.63) is 194 Å². The van der Waals surface area contributed by atoms with E-state index in [1.165, 1.54) is 52.9 Å². The molecular formula is C52H38N4S. The lowest BCUT2D eigenvalue weighted by molar-refractivity contribution is 1.13. The Hall–Kier alpha value is -7.08. The molecule has 4 nitrogen and oxygen atoms in total. The highest BCUT2D eigenvalue weighted by Crippen LogP contribution is 2.42. The van der Waals surface area contributed by atoms with Gasteiger partial charge in [-0.25, -0.2) is 9.97 Å². The molecule has 7 aromatic carbocycles. The number of rotatable bonds is 5. The number of thiophene rings is 1. The van der Waals surface area contributed by atoms with Crippen LogP contribution in [-0.2, 0) is 0 Å². The summed E-state index contributed by atoms with van der Waals surface area (Å²) >= 11 is 1.86. The molecule has 0 saturated carbocycles. The van der Waals surface area contributed by atoms with Crippen LogP contribution in [0.5, 0.6) is 0 Å². The Morgan fingerprint density at radius 1 is 0.439 bits per heavy atom. The third-order valence-electron chi connectivity index (χ3n) is 10.7. The van der Waals surface area contributed by atoms with E-state index in [2.05, 4.69) is 179 Å². The average Bonchev–Trinajstić information content (AvgIpc) is 3.96. The first-order valence-corrected chi connectivity index (χ1v) is 20.1. The Bertz CT molecular complexity index is 3180. The fourth-order valence-corrected chi connectivity index (χ4v) is 8.95. The third-order valence-corrected chi connectivity index (χ3v) is 11.8. The zero-order valence-corrected chi connectivity index (χ0v) is 32.5. The van der Waals surface area contributed by atoms with E-state index in [0.717, 1.165) is 39.5 Å². The van der Waals surface area contributed by atoms with E-state index in [1.54, 1.807) is 0 Å². The number of fused-ring (bicyclic) bond motifs is 7. The first-order valence-electron chi connectivity index (χ1n) is 19.3. The van der Waals surface area contributed by atoms with Gasteiger partial charge in [-0.1, -0.05) is 121 Å². The summed E-state index contributed by atoms with van der Waals surface area (Å²) in [6.45, 7) is 4.00. The van der Waals surface area contributed by atoms with Crippen molar-refractivity contribution in [2.75, 3.05) is 0 Å². The van der Waals surface area contributed by atoms with Gasteiger partial charge in [0.2, 0.25) is 0 Å². The van der Waals surface area contributed by atoms with E-state index in [-0.39, 0.29) is 0 Å². The number of para-hydroxylation sites is 1. The molecule has 11 aromatic rings. The van der Waals surface area contributed by atoms with Gasteiger partial charge in [0, 0.05) is 70.6 Å². The molecule has 0 aliphatic rings. The van der Waals surface area contributed by atoms with Gasteiger partial charge in [0.1, 0.15) is 0 Å². The number of aromatic nitrogens is 4. The van der Waals surface area contributed by atoms with Crippen molar-refractivity contribution >= 4 is 64.2 Å². The number of nitrogens with zero attached hydrogens (tertiary/aromatic N) is 4. The molecule has 57 heavy (non-hydrogen) atoms. The molecule has 0 bridgehead atoms. The highest BCUT2D eigenvalue weighted by molar-refractivity contribution is 7.25. The van der Waals surface area contributed by atoms with Crippen LogP contribution in [0.2, 0.25) is 0 Å². The molecule has 0 unspecified atom stereocenters. The molecule has 0 aliphatic carbocycles. The van der Waals surface area contributed by atoms with E-state index >= 15 is 0 Å². The van der Waals surface area contributed by atoms with Crippen LogP contribution in [0.4, 0.5) is 0 Å². The van der Waals surface area contributed by atoms with Crippen LogP contribution in [0.15, 0.2) is 194 Å². The molecule has 0 fully saturated rings. The molecule has 0 aliphatic heterocycles. The maximum atomic E-state index is 5.16. The van der Waals surface area contributed by atoms with Crippen molar-refractivity contribution in [3.8, 4) is 45.3 Å². The van der Waals surface area contributed by atoms with Gasteiger partial charge in [0.05, 0.1) is 27.9 Å². The minimum Gasteiger partial charge on any atom is -0.317 e. The molecule has 5 heteroatoms. The minimum atomic E-state index is 0.696. The van der Waals surface area contributed by atoms with Gasteiger partial charge in [0.25, 0.3) is 0 Å². The molecule has 0 atom stereocenters. The SMILES string of the molecule is C/C=C\C.c1ccc(-c2cc(-c3ccccc3)nc(-c3cccc(-n4c5cc6ccn(-c7ccccc7)c6cc5c5cc6c(cc54)sc4ccccc46)c3)n2)cc1. The molecular weight excluding hydrogens is 713 g/mol. The summed E-state index contributed by atoms with van der Waals surface area (Å²) in [5.41, 5.74) is 10.6. The van der Waals surface area contributed by atoms with Crippen molar-refractivity contribution in [3.63, 3.8) is 0 Å². The quantitative estimate of drug-likeness (QED) is 0.164. The van der Waals surface area contributed by atoms with Gasteiger partial charge in [-0.2, -0.15) is 0 Å². The topological polar surface area (TPSA) is 35.6 Å². The van der Waals surface area contributed by atoms with Crippen molar-refractivity contribution in [1.29, 1.82) is 0 Å². The summed E-state index contributed by atoms with van der Waals surface area (Å²) in [6.07, 6.45) is 6.18. The first kappa shape index (κ1) is 34.4. The van der Waals surface area contributed by atoms with Gasteiger partial charge in [0.15, 0.2) is 5.82 Å². The smallest absolute Gasteiger partial charge is 0.160 e. The van der Waals surface area contributed by atoms with Gasteiger partial charge >= 0.3 is 0 Å². The maximum Gasteiger partial charge on any atom is 0.160 e. The fraction of sp³-hybridized carbons (Fsp3) is 0.0385. The molecule has 0 saturated heterocycles. The van der Waals surface area contributed by atoms with Gasteiger partial charge in [-0.3, -0.25) is 0 Å². The number of hydrogen-bond acceptors (Lipinski definition) is 3. The summed E-state index contributed by atoms with van der Waals surface area (Å²) in [7, 11) is 0. The predicted octanol–water partition coefficient (Wildman–Crippen LogP) is 14.5. The van der Waals surface area contributed by atoms with Crippen LogP contribution in [0.25, 0.3) is 98.2 Å². The highest BCUT2D eigenvalue weighted by atomic mass is 32.1. The van der Waals surface area contributed by atoms with Gasteiger partial charge in [-0.05, 0) is 80.6 Å². The fourth-order valence-electron chi connectivity index (χ4n) is 7.83. The van der Waals surface area contributed by atoms with E-state index in [0.29, 0.717) is 5.82 Å². The molecule has 0 radical (unpaired) electrons. The summed E-state index contributed by atoms with van der Waals surface area (Å²) < 4.78 is 7.30. The minimum absolute atomic E-state index is 0.696. The Morgan fingerprint density at radius 3 is 1.74 bits per heavy atom.